The van der Waals surface area contributed by atoms with Crippen LogP contribution in [0.15, 0.2) is 47.4 Å². The van der Waals surface area contributed by atoms with E-state index in [0.29, 0.717) is 10.6 Å². The van der Waals surface area contributed by atoms with Crippen molar-refractivity contribution < 1.29 is 22.5 Å². The maximum atomic E-state index is 13.8. The number of amides is 1. The summed E-state index contributed by atoms with van der Waals surface area (Å²) in [6.07, 6.45) is 0. The fraction of sp³-hybridized carbons (Fsp3) is 0.278. The number of carbonyl (C=O) groups is 1. The molecule has 0 heterocycles. The minimum absolute atomic E-state index is 0.00993. The number of likely N-dealkylation sites (N-methyl/N-ethyl adjacent to an activating group) is 1. The molecule has 9 heteroatoms. The fourth-order valence-electron chi connectivity index (χ4n) is 2.66. The first-order valence-electron chi connectivity index (χ1n) is 8.24. The van der Waals surface area contributed by atoms with E-state index in [-0.39, 0.29) is 29.9 Å². The molecule has 0 fully saturated rings. The first-order valence-corrected chi connectivity index (χ1v) is 10.2. The smallest absolute Gasteiger partial charge is 0.275 e. The van der Waals surface area contributed by atoms with Crippen molar-refractivity contribution >= 4 is 27.5 Å². The van der Waals surface area contributed by atoms with Gasteiger partial charge < -0.3 is 10.2 Å². The maximum absolute atomic E-state index is 13.8. The van der Waals surface area contributed by atoms with Crippen LogP contribution in [-0.4, -0.2) is 27.9 Å². The lowest BCUT2D eigenvalue weighted by atomic mass is 10.1. The summed E-state index contributed by atoms with van der Waals surface area (Å²) in [6, 6.07) is 10.1. The van der Waals surface area contributed by atoms with E-state index in [1.807, 2.05) is 0 Å². The summed E-state index contributed by atoms with van der Waals surface area (Å²) in [5.41, 5.74) is 1.11. The van der Waals surface area contributed by atoms with E-state index in [2.05, 4.69) is 5.32 Å². The third kappa shape index (κ3) is 6.00. The lowest BCUT2D eigenvalue weighted by Gasteiger charge is -2.18. The zero-order valence-electron chi connectivity index (χ0n) is 15.0. The van der Waals surface area contributed by atoms with Gasteiger partial charge in [0.2, 0.25) is 10.0 Å². The van der Waals surface area contributed by atoms with Gasteiger partial charge in [0.15, 0.2) is 6.54 Å². The molecular weight excluding hydrogens is 393 g/mol. The highest BCUT2D eigenvalue weighted by Crippen LogP contribution is 2.18. The molecule has 0 aromatic heterocycles. The molecule has 4 N–H and O–H groups in total. The summed E-state index contributed by atoms with van der Waals surface area (Å²) in [7, 11) is -1.98. The Bertz CT molecular complexity index is 900. The van der Waals surface area contributed by atoms with Crippen molar-refractivity contribution in [2.24, 2.45) is 5.14 Å². The molecule has 1 amide bonds. The summed E-state index contributed by atoms with van der Waals surface area (Å²) in [5.74, 6) is -0.617. The molecular formula is C18H22ClFN3O3S+. The Labute approximate surface area is 163 Å². The van der Waals surface area contributed by atoms with Crippen LogP contribution in [-0.2, 0) is 21.4 Å². The zero-order valence-corrected chi connectivity index (χ0v) is 16.6. The van der Waals surface area contributed by atoms with Crippen molar-refractivity contribution in [3.05, 3.63) is 64.4 Å². The molecule has 0 aliphatic rings. The van der Waals surface area contributed by atoms with Gasteiger partial charge in [-0.25, -0.2) is 17.9 Å². The van der Waals surface area contributed by atoms with Crippen molar-refractivity contribution in [1.82, 2.24) is 5.32 Å². The highest BCUT2D eigenvalue weighted by atomic mass is 35.5. The van der Waals surface area contributed by atoms with Gasteiger partial charge in [-0.3, -0.25) is 4.79 Å². The molecule has 146 valence electrons. The Hall–Kier alpha value is -2.00. The molecule has 0 radical (unpaired) electrons. The standard InChI is InChI=1S/C18H21ClFN3O3S/c1-12(13-6-8-14(9-7-13)27(21,25)26)22-18(24)11-23(2)10-15-16(19)4-3-5-17(15)20/h3-9,12H,10-11H2,1-2H3,(H,22,24)(H2,21,25,26)/p+1/t12-/m0/s1. The van der Waals surface area contributed by atoms with E-state index in [9.17, 15) is 17.6 Å². The Morgan fingerprint density at radius 2 is 1.89 bits per heavy atom. The number of nitrogens with one attached hydrogen (secondary N) is 2. The van der Waals surface area contributed by atoms with Gasteiger partial charge in [0.25, 0.3) is 5.91 Å². The largest absolute Gasteiger partial charge is 0.345 e. The van der Waals surface area contributed by atoms with E-state index >= 15 is 0 Å². The van der Waals surface area contributed by atoms with Gasteiger partial charge in [-0.2, -0.15) is 0 Å². The third-order valence-electron chi connectivity index (χ3n) is 4.09. The lowest BCUT2D eigenvalue weighted by molar-refractivity contribution is -0.885. The van der Waals surface area contributed by atoms with Gasteiger partial charge in [0.1, 0.15) is 12.4 Å². The molecule has 27 heavy (non-hydrogen) atoms. The van der Waals surface area contributed by atoms with Crippen LogP contribution in [0.4, 0.5) is 4.39 Å². The second kappa shape index (κ2) is 8.79. The van der Waals surface area contributed by atoms with Crippen molar-refractivity contribution in [3.63, 3.8) is 0 Å². The molecule has 6 nitrogen and oxygen atoms in total. The summed E-state index contributed by atoms with van der Waals surface area (Å²) < 4.78 is 36.4. The van der Waals surface area contributed by atoms with Crippen molar-refractivity contribution in [1.29, 1.82) is 0 Å². The van der Waals surface area contributed by atoms with Crippen LogP contribution in [0.3, 0.4) is 0 Å². The normalized spacial score (nSPS) is 13.8. The average Bonchev–Trinajstić information content (AvgIpc) is 2.57. The average molecular weight is 415 g/mol. The van der Waals surface area contributed by atoms with E-state index in [0.717, 1.165) is 10.5 Å². The number of rotatable bonds is 7. The molecule has 1 unspecified atom stereocenters. The third-order valence-corrected chi connectivity index (χ3v) is 5.37. The van der Waals surface area contributed by atoms with Crippen LogP contribution < -0.4 is 15.4 Å². The van der Waals surface area contributed by atoms with E-state index in [1.54, 1.807) is 32.2 Å². The van der Waals surface area contributed by atoms with Gasteiger partial charge in [0, 0.05) is 0 Å². The van der Waals surface area contributed by atoms with Gasteiger partial charge in [-0.15, -0.1) is 0 Å². The van der Waals surface area contributed by atoms with Gasteiger partial charge in [-0.1, -0.05) is 29.8 Å². The summed E-state index contributed by atoms with van der Waals surface area (Å²) in [4.78, 5) is 13.0. The quantitative estimate of drug-likeness (QED) is 0.631. The van der Waals surface area contributed by atoms with Crippen LogP contribution in [0.5, 0.6) is 0 Å². The van der Waals surface area contributed by atoms with E-state index in [1.165, 1.54) is 24.3 Å². The molecule has 0 saturated carbocycles. The SMILES string of the molecule is C[C@H](NC(=O)C[NH+](C)Cc1c(F)cccc1Cl)c1ccc(S(N)(=O)=O)cc1. The summed E-state index contributed by atoms with van der Waals surface area (Å²) >= 11 is 6.01. The highest BCUT2D eigenvalue weighted by molar-refractivity contribution is 7.89. The first-order chi connectivity index (χ1) is 12.6. The number of primary sulfonamides is 1. The number of benzene rings is 2. The van der Waals surface area contributed by atoms with Crippen LogP contribution in [0.1, 0.15) is 24.1 Å². The van der Waals surface area contributed by atoms with Gasteiger partial charge in [-0.05, 0) is 36.8 Å². The Kier molecular flexibility index (Phi) is 6.94. The van der Waals surface area contributed by atoms with Gasteiger partial charge >= 0.3 is 0 Å². The molecule has 0 spiro atoms. The predicted octanol–water partition coefficient (Wildman–Crippen LogP) is 1.02. The second-order valence-electron chi connectivity index (χ2n) is 6.41. The monoisotopic (exact) mass is 414 g/mol. The van der Waals surface area contributed by atoms with Crippen molar-refractivity contribution in [2.75, 3.05) is 13.6 Å². The van der Waals surface area contributed by atoms with Crippen LogP contribution >= 0.6 is 11.6 Å². The van der Waals surface area contributed by atoms with E-state index < -0.39 is 15.8 Å². The Morgan fingerprint density at radius 1 is 1.26 bits per heavy atom. The molecule has 0 aliphatic carbocycles. The van der Waals surface area contributed by atoms with Crippen LogP contribution in [0.2, 0.25) is 5.02 Å². The van der Waals surface area contributed by atoms with E-state index in [4.69, 9.17) is 16.7 Å². The number of halogens is 2. The lowest BCUT2D eigenvalue weighted by Crippen LogP contribution is -3.09. The topological polar surface area (TPSA) is 93.7 Å². The fourth-order valence-corrected chi connectivity index (χ4v) is 3.41. The highest BCUT2D eigenvalue weighted by Gasteiger charge is 2.17. The molecule has 0 saturated heterocycles. The molecule has 2 rings (SSSR count). The summed E-state index contributed by atoms with van der Waals surface area (Å²) in [5, 5.41) is 8.23. The number of hydrogen-bond donors (Lipinski definition) is 3. The van der Waals surface area contributed by atoms with Crippen LogP contribution in [0, 0.1) is 5.82 Å². The number of quaternary nitrogens is 1. The first kappa shape index (κ1) is 21.3. The second-order valence-corrected chi connectivity index (χ2v) is 8.38. The molecule has 2 aromatic carbocycles. The number of carbonyl (C=O) groups excluding carboxylic acids is 1. The van der Waals surface area contributed by atoms with Crippen LogP contribution in [0.25, 0.3) is 0 Å². The predicted molar refractivity (Wildman–Crippen MR) is 101 cm³/mol. The minimum Gasteiger partial charge on any atom is -0.345 e. The van der Waals surface area contributed by atoms with Gasteiger partial charge in [0.05, 0.1) is 28.6 Å². The van der Waals surface area contributed by atoms with Crippen molar-refractivity contribution in [2.45, 2.75) is 24.4 Å². The molecule has 0 aliphatic heterocycles. The number of hydrogen-bond acceptors (Lipinski definition) is 3. The molecule has 2 aromatic rings. The zero-order chi connectivity index (χ0) is 20.2. The number of sulfonamides is 1. The number of nitrogens with two attached hydrogens (primary N) is 1. The summed E-state index contributed by atoms with van der Waals surface area (Å²) in [6.45, 7) is 2.19. The molecule has 0 bridgehead atoms. The maximum Gasteiger partial charge on any atom is 0.275 e. The minimum atomic E-state index is -3.75. The Balaban J connectivity index is 1.94. The Morgan fingerprint density at radius 3 is 2.44 bits per heavy atom. The molecule has 2 atom stereocenters. The van der Waals surface area contributed by atoms with Crippen molar-refractivity contribution in [3.8, 4) is 0 Å².